The third-order valence-corrected chi connectivity index (χ3v) is 5.16. The summed E-state index contributed by atoms with van der Waals surface area (Å²) in [5.41, 5.74) is 0.896. The van der Waals surface area contributed by atoms with E-state index in [-0.39, 0.29) is 24.8 Å². The molecule has 1 heterocycles. The quantitative estimate of drug-likeness (QED) is 0.491. The minimum absolute atomic E-state index is 0.155. The molecule has 0 atom stereocenters. The lowest BCUT2D eigenvalue weighted by molar-refractivity contribution is -0.145. The second kappa shape index (κ2) is 9.71. The van der Waals surface area contributed by atoms with Crippen molar-refractivity contribution in [3.8, 4) is 5.75 Å². The van der Waals surface area contributed by atoms with E-state index in [9.17, 15) is 14.0 Å². The highest BCUT2D eigenvalue weighted by molar-refractivity contribution is 9.10. The van der Waals surface area contributed by atoms with Crippen LogP contribution in [-0.2, 0) is 14.3 Å². The van der Waals surface area contributed by atoms with Crippen LogP contribution in [0.5, 0.6) is 5.75 Å². The van der Waals surface area contributed by atoms with Gasteiger partial charge in [0.25, 0.3) is 5.91 Å². The van der Waals surface area contributed by atoms with Crippen molar-refractivity contribution in [2.75, 3.05) is 13.2 Å². The van der Waals surface area contributed by atoms with Crippen LogP contribution in [0.15, 0.2) is 56.8 Å². The Balaban J connectivity index is 1.71. The van der Waals surface area contributed by atoms with Crippen molar-refractivity contribution in [2.45, 2.75) is 6.92 Å². The molecular weight excluding hydrogens is 463 g/mol. The highest BCUT2D eigenvalue weighted by Crippen LogP contribution is 2.31. The van der Waals surface area contributed by atoms with E-state index >= 15 is 0 Å². The Morgan fingerprint density at radius 3 is 2.83 bits per heavy atom. The van der Waals surface area contributed by atoms with Crippen LogP contribution in [0.2, 0.25) is 0 Å². The Morgan fingerprint density at radius 2 is 2.10 bits per heavy atom. The maximum Gasteiger partial charge on any atom is 0.344 e. The molecule has 0 aromatic heterocycles. The lowest BCUT2D eigenvalue weighted by Crippen LogP contribution is -2.19. The van der Waals surface area contributed by atoms with E-state index in [1.165, 1.54) is 12.1 Å². The second-order valence-electron chi connectivity index (χ2n) is 5.72. The first-order valence-corrected chi connectivity index (χ1v) is 10.2. The molecule has 1 aliphatic heterocycles. The molecule has 1 amide bonds. The first-order valence-electron chi connectivity index (χ1n) is 8.58. The number of carbonyl (C=O) groups is 2. The Labute approximate surface area is 179 Å². The summed E-state index contributed by atoms with van der Waals surface area (Å²) in [6.45, 7) is 1.82. The minimum Gasteiger partial charge on any atom is -0.481 e. The Morgan fingerprint density at radius 1 is 1.31 bits per heavy atom. The van der Waals surface area contributed by atoms with E-state index in [1.54, 1.807) is 43.3 Å². The predicted octanol–water partition coefficient (Wildman–Crippen LogP) is 4.42. The standard InChI is InChI=1S/C20H16BrFN2O4S/c1-2-27-18(25)11-28-16-8-7-12(9-13(16)21)10-17-19(26)24-20(29-17)23-15-6-4-3-5-14(15)22/h3-10H,2,11H2,1H3,(H,23,24,26)/b17-10-. The number of benzene rings is 2. The fourth-order valence-corrected chi connectivity index (χ4v) is 3.69. The van der Waals surface area contributed by atoms with Crippen molar-refractivity contribution in [3.63, 3.8) is 0 Å². The number of ether oxygens (including phenoxy) is 2. The zero-order valence-electron chi connectivity index (χ0n) is 15.3. The van der Waals surface area contributed by atoms with E-state index in [0.717, 1.165) is 17.3 Å². The molecule has 0 saturated carbocycles. The van der Waals surface area contributed by atoms with E-state index in [2.05, 4.69) is 26.2 Å². The molecule has 1 N–H and O–H groups in total. The summed E-state index contributed by atoms with van der Waals surface area (Å²) in [4.78, 5) is 28.2. The summed E-state index contributed by atoms with van der Waals surface area (Å²) >= 11 is 4.51. The molecule has 9 heteroatoms. The van der Waals surface area contributed by atoms with Crippen LogP contribution in [-0.4, -0.2) is 30.3 Å². The molecule has 1 aliphatic rings. The van der Waals surface area contributed by atoms with Gasteiger partial charge >= 0.3 is 5.97 Å². The van der Waals surface area contributed by atoms with Gasteiger partial charge in [-0.2, -0.15) is 0 Å². The van der Waals surface area contributed by atoms with Gasteiger partial charge in [0.15, 0.2) is 11.8 Å². The molecule has 2 aromatic carbocycles. The fourth-order valence-electron chi connectivity index (χ4n) is 2.35. The van der Waals surface area contributed by atoms with Crippen molar-refractivity contribution in [3.05, 3.63) is 63.2 Å². The molecule has 3 rings (SSSR count). The molecule has 0 radical (unpaired) electrons. The number of aliphatic imine (C=N–C) groups is 1. The summed E-state index contributed by atoms with van der Waals surface area (Å²) in [6, 6.07) is 11.3. The molecule has 0 bridgehead atoms. The van der Waals surface area contributed by atoms with E-state index in [0.29, 0.717) is 20.3 Å². The smallest absolute Gasteiger partial charge is 0.344 e. The third kappa shape index (κ3) is 5.68. The molecule has 6 nitrogen and oxygen atoms in total. The number of amides is 1. The molecular formula is C20H16BrFN2O4S. The highest BCUT2D eigenvalue weighted by atomic mass is 79.9. The summed E-state index contributed by atoms with van der Waals surface area (Å²) in [6.07, 6.45) is 1.68. The van der Waals surface area contributed by atoms with Crippen LogP contribution < -0.4 is 10.1 Å². The number of nitrogens with zero attached hydrogens (tertiary/aromatic N) is 1. The van der Waals surface area contributed by atoms with E-state index < -0.39 is 11.8 Å². The lowest BCUT2D eigenvalue weighted by atomic mass is 10.2. The summed E-state index contributed by atoms with van der Waals surface area (Å²) < 4.78 is 24.6. The maximum absolute atomic E-state index is 13.7. The van der Waals surface area contributed by atoms with Crippen molar-refractivity contribution in [1.29, 1.82) is 0 Å². The summed E-state index contributed by atoms with van der Waals surface area (Å²) in [5.74, 6) is -0.754. The number of hydrogen-bond acceptors (Lipinski definition) is 6. The van der Waals surface area contributed by atoms with Crippen molar-refractivity contribution >= 4 is 56.5 Å². The SMILES string of the molecule is CCOC(=O)COc1ccc(/C=C2\SC(=Nc3ccccc3F)NC2=O)cc1Br. The zero-order chi connectivity index (χ0) is 20.8. The van der Waals surface area contributed by atoms with Gasteiger partial charge in [0, 0.05) is 0 Å². The van der Waals surface area contributed by atoms with Crippen LogP contribution in [0, 0.1) is 5.82 Å². The number of para-hydroxylation sites is 1. The largest absolute Gasteiger partial charge is 0.481 e. The number of hydrogen-bond donors (Lipinski definition) is 1. The van der Waals surface area contributed by atoms with Crippen molar-refractivity contribution < 1.29 is 23.5 Å². The van der Waals surface area contributed by atoms with Gasteiger partial charge in [0.2, 0.25) is 0 Å². The van der Waals surface area contributed by atoms with Crippen LogP contribution in [0.4, 0.5) is 10.1 Å². The number of rotatable bonds is 6. The Hall–Kier alpha value is -2.65. The first-order chi connectivity index (χ1) is 14.0. The number of amidine groups is 1. The molecule has 0 spiro atoms. The van der Waals surface area contributed by atoms with Gasteiger partial charge in [-0.3, -0.25) is 4.79 Å². The number of halogens is 2. The average molecular weight is 479 g/mol. The minimum atomic E-state index is -0.463. The van der Waals surface area contributed by atoms with Crippen LogP contribution in [0.25, 0.3) is 6.08 Å². The van der Waals surface area contributed by atoms with Gasteiger partial charge in [-0.05, 0) is 70.5 Å². The topological polar surface area (TPSA) is 77.0 Å². The summed E-state index contributed by atoms with van der Waals surface area (Å²) in [7, 11) is 0. The number of thioether (sulfide) groups is 1. The van der Waals surface area contributed by atoms with Crippen LogP contribution in [0.3, 0.4) is 0 Å². The molecule has 0 aliphatic carbocycles. The van der Waals surface area contributed by atoms with Gasteiger partial charge < -0.3 is 14.8 Å². The fraction of sp³-hybridized carbons (Fsp3) is 0.150. The van der Waals surface area contributed by atoms with Crippen molar-refractivity contribution in [1.82, 2.24) is 5.32 Å². The molecule has 1 fully saturated rings. The zero-order valence-corrected chi connectivity index (χ0v) is 17.7. The maximum atomic E-state index is 13.7. The van der Waals surface area contributed by atoms with Crippen LogP contribution in [0.1, 0.15) is 12.5 Å². The van der Waals surface area contributed by atoms with Gasteiger partial charge in [-0.15, -0.1) is 0 Å². The molecule has 1 saturated heterocycles. The molecule has 0 unspecified atom stereocenters. The lowest BCUT2D eigenvalue weighted by Gasteiger charge is -2.08. The number of esters is 1. The third-order valence-electron chi connectivity index (χ3n) is 3.63. The number of carbonyl (C=O) groups excluding carboxylic acids is 2. The van der Waals surface area contributed by atoms with Gasteiger partial charge in [-0.25, -0.2) is 14.2 Å². The second-order valence-corrected chi connectivity index (χ2v) is 7.60. The van der Waals surface area contributed by atoms with E-state index in [1.807, 2.05) is 0 Å². The predicted molar refractivity (Wildman–Crippen MR) is 113 cm³/mol. The van der Waals surface area contributed by atoms with Crippen molar-refractivity contribution in [2.24, 2.45) is 4.99 Å². The Kier molecular flexibility index (Phi) is 7.05. The molecule has 2 aromatic rings. The average Bonchev–Trinajstić information content (AvgIpc) is 3.02. The van der Waals surface area contributed by atoms with E-state index in [4.69, 9.17) is 9.47 Å². The normalized spacial score (nSPS) is 16.2. The highest BCUT2D eigenvalue weighted by Gasteiger charge is 2.24. The van der Waals surface area contributed by atoms with Gasteiger partial charge in [0.05, 0.1) is 16.0 Å². The first kappa shape index (κ1) is 21.1. The van der Waals surface area contributed by atoms with Gasteiger partial charge in [-0.1, -0.05) is 18.2 Å². The van der Waals surface area contributed by atoms with Crippen LogP contribution >= 0.6 is 27.7 Å². The van der Waals surface area contributed by atoms with Gasteiger partial charge in [0.1, 0.15) is 17.3 Å². The molecule has 29 heavy (non-hydrogen) atoms. The molecule has 150 valence electrons. The number of nitrogens with one attached hydrogen (secondary N) is 1. The monoisotopic (exact) mass is 478 g/mol. The summed E-state index contributed by atoms with van der Waals surface area (Å²) in [5, 5.41) is 2.93. The Bertz CT molecular complexity index is 1010.